The normalized spacial score (nSPS) is 11.0. The Bertz CT molecular complexity index is 1400. The van der Waals surface area contributed by atoms with E-state index in [1.54, 1.807) is 16.9 Å². The molecule has 3 aromatic heterocycles. The van der Waals surface area contributed by atoms with Crippen molar-refractivity contribution in [3.8, 4) is 11.3 Å². The van der Waals surface area contributed by atoms with Crippen molar-refractivity contribution < 1.29 is 9.59 Å². The van der Waals surface area contributed by atoms with Gasteiger partial charge in [-0.05, 0) is 17.7 Å². The highest BCUT2D eigenvalue weighted by Crippen LogP contribution is 2.21. The number of aromatic nitrogens is 4. The number of nitrogens with zero attached hydrogens (tertiary/aromatic N) is 3. The number of carbonyl (C=O) groups excluding carboxylic acids is 2. The van der Waals surface area contributed by atoms with Gasteiger partial charge in [-0.15, -0.1) is 0 Å². The van der Waals surface area contributed by atoms with Gasteiger partial charge in [0.1, 0.15) is 5.56 Å². The largest absolute Gasteiger partial charge is 0.361 e. The molecule has 31 heavy (non-hydrogen) atoms. The first-order valence-corrected chi connectivity index (χ1v) is 9.73. The van der Waals surface area contributed by atoms with Crippen molar-refractivity contribution >= 4 is 28.4 Å². The molecule has 5 rings (SSSR count). The van der Waals surface area contributed by atoms with Crippen LogP contribution < -0.4 is 10.9 Å². The Morgan fingerprint density at radius 2 is 1.77 bits per heavy atom. The second-order valence-electron chi connectivity index (χ2n) is 7.03. The highest BCUT2D eigenvalue weighted by atomic mass is 16.2. The van der Waals surface area contributed by atoms with Gasteiger partial charge in [0.05, 0.1) is 18.3 Å². The molecule has 5 aromatic rings. The van der Waals surface area contributed by atoms with E-state index in [0.29, 0.717) is 5.65 Å². The Hall–Kier alpha value is -4.46. The standard InChI is InChI=1S/C23H18N6O2/c30-21(12-16-13-25-19-9-5-4-8-17(16)19)27-28-23(31)18-14-26-29-20(10-11-24-22(18)29)15-6-2-1-3-7-15/h1-11,13-14,25H,12H2,(H,27,30)(H,28,31). The molecule has 0 fully saturated rings. The SMILES string of the molecule is O=C(Cc1c[nH]c2ccccc12)NNC(=O)c1cnn2c(-c3ccccc3)ccnc12. The van der Waals surface area contributed by atoms with E-state index in [2.05, 4.69) is 25.9 Å². The van der Waals surface area contributed by atoms with E-state index >= 15 is 0 Å². The molecule has 2 amide bonds. The maximum absolute atomic E-state index is 12.7. The summed E-state index contributed by atoms with van der Waals surface area (Å²) in [5, 5.41) is 5.29. The minimum Gasteiger partial charge on any atom is -0.361 e. The molecule has 0 aliphatic carbocycles. The van der Waals surface area contributed by atoms with Crippen LogP contribution in [0.15, 0.2) is 79.3 Å². The third-order valence-corrected chi connectivity index (χ3v) is 5.06. The van der Waals surface area contributed by atoms with Crippen LogP contribution in [0, 0.1) is 0 Å². The minimum absolute atomic E-state index is 0.134. The van der Waals surface area contributed by atoms with Gasteiger partial charge in [-0.2, -0.15) is 5.10 Å². The average Bonchev–Trinajstić information content (AvgIpc) is 3.42. The second kappa shape index (κ2) is 7.75. The van der Waals surface area contributed by atoms with Gasteiger partial charge in [0, 0.05) is 28.9 Å². The monoisotopic (exact) mass is 410 g/mol. The van der Waals surface area contributed by atoms with Crippen LogP contribution in [0.1, 0.15) is 15.9 Å². The quantitative estimate of drug-likeness (QED) is 0.396. The molecule has 2 aromatic carbocycles. The molecular weight excluding hydrogens is 392 g/mol. The number of fused-ring (bicyclic) bond motifs is 2. The summed E-state index contributed by atoms with van der Waals surface area (Å²) in [7, 11) is 0. The summed E-state index contributed by atoms with van der Waals surface area (Å²) in [5.74, 6) is -0.813. The predicted molar refractivity (Wildman–Crippen MR) is 116 cm³/mol. The van der Waals surface area contributed by atoms with Crippen LogP contribution in [0.4, 0.5) is 0 Å². The summed E-state index contributed by atoms with van der Waals surface area (Å²) in [6, 6.07) is 19.3. The topological polar surface area (TPSA) is 104 Å². The molecular formula is C23H18N6O2. The minimum atomic E-state index is -0.486. The summed E-state index contributed by atoms with van der Waals surface area (Å²) >= 11 is 0. The van der Waals surface area contributed by atoms with Crippen molar-refractivity contribution in [2.45, 2.75) is 6.42 Å². The lowest BCUT2D eigenvalue weighted by Crippen LogP contribution is -2.42. The third-order valence-electron chi connectivity index (χ3n) is 5.06. The van der Waals surface area contributed by atoms with Crippen LogP contribution >= 0.6 is 0 Å². The zero-order valence-corrected chi connectivity index (χ0v) is 16.4. The van der Waals surface area contributed by atoms with Gasteiger partial charge in [0.25, 0.3) is 5.91 Å². The number of para-hydroxylation sites is 1. The van der Waals surface area contributed by atoms with E-state index in [1.165, 1.54) is 6.20 Å². The van der Waals surface area contributed by atoms with Crippen molar-refractivity contribution in [2.75, 3.05) is 0 Å². The van der Waals surface area contributed by atoms with Gasteiger partial charge in [0.15, 0.2) is 5.65 Å². The maximum Gasteiger partial charge on any atom is 0.275 e. The maximum atomic E-state index is 12.7. The molecule has 8 heteroatoms. The van der Waals surface area contributed by atoms with Gasteiger partial charge in [-0.3, -0.25) is 20.4 Å². The fourth-order valence-corrected chi connectivity index (χ4v) is 3.57. The van der Waals surface area contributed by atoms with Crippen LogP contribution in [-0.4, -0.2) is 31.4 Å². The summed E-state index contributed by atoms with van der Waals surface area (Å²) in [5.41, 5.74) is 9.18. The highest BCUT2D eigenvalue weighted by molar-refractivity contribution is 6.01. The highest BCUT2D eigenvalue weighted by Gasteiger charge is 2.17. The molecule has 0 saturated heterocycles. The van der Waals surface area contributed by atoms with E-state index in [-0.39, 0.29) is 17.9 Å². The van der Waals surface area contributed by atoms with Crippen molar-refractivity contribution in [3.05, 3.63) is 90.4 Å². The summed E-state index contributed by atoms with van der Waals surface area (Å²) in [6.07, 6.45) is 5.00. The zero-order chi connectivity index (χ0) is 21.2. The van der Waals surface area contributed by atoms with Gasteiger partial charge in [0.2, 0.25) is 5.91 Å². The van der Waals surface area contributed by atoms with E-state index in [0.717, 1.165) is 27.7 Å². The molecule has 0 aliphatic heterocycles. The third kappa shape index (κ3) is 3.51. The molecule has 0 saturated carbocycles. The van der Waals surface area contributed by atoms with Crippen LogP contribution in [0.3, 0.4) is 0 Å². The van der Waals surface area contributed by atoms with Gasteiger partial charge in [-0.25, -0.2) is 9.50 Å². The Morgan fingerprint density at radius 1 is 0.968 bits per heavy atom. The van der Waals surface area contributed by atoms with E-state index in [1.807, 2.05) is 60.7 Å². The molecule has 0 unspecified atom stereocenters. The lowest BCUT2D eigenvalue weighted by molar-refractivity contribution is -0.121. The average molecular weight is 410 g/mol. The molecule has 0 aliphatic rings. The summed E-state index contributed by atoms with van der Waals surface area (Å²) in [4.78, 5) is 32.4. The lowest BCUT2D eigenvalue weighted by atomic mass is 10.1. The lowest BCUT2D eigenvalue weighted by Gasteiger charge is -2.07. The Kier molecular flexibility index (Phi) is 4.64. The van der Waals surface area contributed by atoms with Crippen LogP contribution in [-0.2, 0) is 11.2 Å². The molecule has 0 atom stereocenters. The first kappa shape index (κ1) is 18.6. The Morgan fingerprint density at radius 3 is 2.65 bits per heavy atom. The number of nitrogens with one attached hydrogen (secondary N) is 3. The number of H-pyrrole nitrogens is 1. The number of rotatable bonds is 4. The molecule has 152 valence electrons. The first-order chi connectivity index (χ1) is 15.2. The number of carbonyl (C=O) groups is 2. The molecule has 3 heterocycles. The van der Waals surface area contributed by atoms with Crippen molar-refractivity contribution in [3.63, 3.8) is 0 Å². The van der Waals surface area contributed by atoms with E-state index in [4.69, 9.17) is 0 Å². The van der Waals surface area contributed by atoms with Gasteiger partial charge in [-0.1, -0.05) is 48.5 Å². The smallest absolute Gasteiger partial charge is 0.275 e. The van der Waals surface area contributed by atoms with E-state index < -0.39 is 5.91 Å². The Labute approximate surface area is 176 Å². The Balaban J connectivity index is 1.31. The number of amides is 2. The fraction of sp³-hybridized carbons (Fsp3) is 0.0435. The van der Waals surface area contributed by atoms with Crippen molar-refractivity contribution in [2.24, 2.45) is 0 Å². The van der Waals surface area contributed by atoms with Crippen molar-refractivity contribution in [1.82, 2.24) is 30.4 Å². The molecule has 0 spiro atoms. The molecule has 3 N–H and O–H groups in total. The van der Waals surface area contributed by atoms with Crippen LogP contribution in [0.5, 0.6) is 0 Å². The number of hydrazine groups is 1. The summed E-state index contributed by atoms with van der Waals surface area (Å²) in [6.45, 7) is 0. The number of benzene rings is 2. The number of hydrogen-bond acceptors (Lipinski definition) is 4. The van der Waals surface area contributed by atoms with Crippen LogP contribution in [0.25, 0.3) is 27.8 Å². The zero-order valence-electron chi connectivity index (χ0n) is 16.4. The summed E-state index contributed by atoms with van der Waals surface area (Å²) < 4.78 is 1.61. The first-order valence-electron chi connectivity index (χ1n) is 9.73. The molecule has 0 bridgehead atoms. The van der Waals surface area contributed by atoms with Crippen molar-refractivity contribution in [1.29, 1.82) is 0 Å². The molecule has 8 nitrogen and oxygen atoms in total. The van der Waals surface area contributed by atoms with Crippen LogP contribution in [0.2, 0.25) is 0 Å². The fourth-order valence-electron chi connectivity index (χ4n) is 3.57. The predicted octanol–water partition coefficient (Wildman–Crippen LogP) is 2.88. The molecule has 0 radical (unpaired) electrons. The van der Waals surface area contributed by atoms with E-state index in [9.17, 15) is 9.59 Å². The van der Waals surface area contributed by atoms with Gasteiger partial charge < -0.3 is 4.98 Å². The van der Waals surface area contributed by atoms with Gasteiger partial charge >= 0.3 is 0 Å². The second-order valence-corrected chi connectivity index (χ2v) is 7.03. The number of hydrogen-bond donors (Lipinski definition) is 3. The number of aromatic amines is 1.